The van der Waals surface area contributed by atoms with Crippen LogP contribution < -0.4 is 5.32 Å². The third-order valence-electron chi connectivity index (χ3n) is 3.32. The largest absolute Gasteiger partial charge is 0.373 e. The van der Waals surface area contributed by atoms with E-state index in [2.05, 4.69) is 22.2 Å². The fourth-order valence-electron chi connectivity index (χ4n) is 2.06. The van der Waals surface area contributed by atoms with Crippen molar-refractivity contribution in [1.29, 1.82) is 0 Å². The van der Waals surface area contributed by atoms with Crippen LogP contribution in [0.5, 0.6) is 0 Å². The average Bonchev–Trinajstić information content (AvgIpc) is 2.70. The fourth-order valence-corrected chi connectivity index (χ4v) is 2.06. The van der Waals surface area contributed by atoms with Crippen LogP contribution in [-0.2, 0) is 10.3 Å². The predicted octanol–water partition coefficient (Wildman–Crippen LogP) is 2.16. The first kappa shape index (κ1) is 11.3. The zero-order chi connectivity index (χ0) is 11.8. The second kappa shape index (κ2) is 4.01. The Bertz CT molecular complexity index is 397. The van der Waals surface area contributed by atoms with Gasteiger partial charge in [-0.25, -0.2) is 9.97 Å². The number of nitrogens with one attached hydrogen (secondary N) is 1. The lowest BCUT2D eigenvalue weighted by Gasteiger charge is -2.23. The summed E-state index contributed by atoms with van der Waals surface area (Å²) >= 11 is 0. The van der Waals surface area contributed by atoms with Crippen LogP contribution in [0, 0.1) is 13.8 Å². The summed E-state index contributed by atoms with van der Waals surface area (Å²) in [7, 11) is 1.89. The van der Waals surface area contributed by atoms with Gasteiger partial charge in [-0.2, -0.15) is 0 Å². The van der Waals surface area contributed by atoms with Crippen molar-refractivity contribution in [2.75, 3.05) is 19.0 Å². The number of aromatic nitrogens is 2. The Kier molecular flexibility index (Phi) is 2.84. The summed E-state index contributed by atoms with van der Waals surface area (Å²) in [6.45, 7) is 6.92. The fraction of sp³-hybridized carbons (Fsp3) is 0.667. The first-order valence-corrected chi connectivity index (χ1v) is 5.74. The summed E-state index contributed by atoms with van der Waals surface area (Å²) in [5, 5.41) is 3.11. The van der Waals surface area contributed by atoms with Crippen molar-refractivity contribution in [3.63, 3.8) is 0 Å². The molecule has 2 rings (SSSR count). The molecule has 1 fully saturated rings. The molecule has 88 valence electrons. The molecule has 0 bridgehead atoms. The summed E-state index contributed by atoms with van der Waals surface area (Å²) in [6.07, 6.45) is 2.08. The summed E-state index contributed by atoms with van der Waals surface area (Å²) in [6, 6.07) is 0. The van der Waals surface area contributed by atoms with Crippen LogP contribution >= 0.6 is 0 Å². The Hall–Kier alpha value is -1.16. The van der Waals surface area contributed by atoms with Gasteiger partial charge in [-0.3, -0.25) is 0 Å². The number of hydrogen-bond donors (Lipinski definition) is 1. The van der Waals surface area contributed by atoms with Crippen molar-refractivity contribution >= 4 is 5.82 Å². The summed E-state index contributed by atoms with van der Waals surface area (Å²) < 4.78 is 5.77. The van der Waals surface area contributed by atoms with Crippen molar-refractivity contribution in [3.05, 3.63) is 17.1 Å². The van der Waals surface area contributed by atoms with Gasteiger partial charge in [0.25, 0.3) is 0 Å². The number of anilines is 1. The quantitative estimate of drug-likeness (QED) is 0.831. The van der Waals surface area contributed by atoms with Crippen LogP contribution in [0.1, 0.15) is 36.8 Å². The zero-order valence-electron chi connectivity index (χ0n) is 10.4. The topological polar surface area (TPSA) is 47.0 Å². The van der Waals surface area contributed by atoms with Gasteiger partial charge in [-0.05, 0) is 33.6 Å². The van der Waals surface area contributed by atoms with Gasteiger partial charge < -0.3 is 10.1 Å². The molecule has 0 aromatic carbocycles. The van der Waals surface area contributed by atoms with Crippen molar-refractivity contribution in [1.82, 2.24) is 9.97 Å². The highest BCUT2D eigenvalue weighted by atomic mass is 16.5. The molecule has 0 radical (unpaired) electrons. The Morgan fingerprint density at radius 3 is 2.62 bits per heavy atom. The number of rotatable bonds is 2. The Balaban J connectivity index is 2.45. The lowest BCUT2D eigenvalue weighted by Crippen LogP contribution is -2.24. The van der Waals surface area contributed by atoms with Crippen LogP contribution in [-0.4, -0.2) is 23.6 Å². The molecule has 1 N–H and O–H groups in total. The third kappa shape index (κ3) is 1.78. The molecule has 4 nitrogen and oxygen atoms in total. The molecule has 0 aliphatic carbocycles. The van der Waals surface area contributed by atoms with Crippen LogP contribution in [0.3, 0.4) is 0 Å². The highest BCUT2D eigenvalue weighted by Gasteiger charge is 2.35. The molecule has 1 saturated heterocycles. The normalized spacial score (nSPS) is 24.8. The molecule has 4 heteroatoms. The minimum absolute atomic E-state index is 0.302. The SMILES string of the molecule is CNc1nc(C2(C)CCCO2)nc(C)c1C. The van der Waals surface area contributed by atoms with Gasteiger partial charge in [0.05, 0.1) is 0 Å². The third-order valence-corrected chi connectivity index (χ3v) is 3.32. The van der Waals surface area contributed by atoms with Gasteiger partial charge in [-0.15, -0.1) is 0 Å². The number of ether oxygens (including phenoxy) is 1. The molecule has 1 aromatic heterocycles. The molecular formula is C12H19N3O. The molecule has 16 heavy (non-hydrogen) atoms. The van der Waals surface area contributed by atoms with Gasteiger partial charge in [-0.1, -0.05) is 0 Å². The first-order valence-electron chi connectivity index (χ1n) is 5.74. The summed E-state index contributed by atoms with van der Waals surface area (Å²) in [5.41, 5.74) is 1.82. The van der Waals surface area contributed by atoms with E-state index in [1.807, 2.05) is 20.9 Å². The smallest absolute Gasteiger partial charge is 0.162 e. The molecule has 0 spiro atoms. The Labute approximate surface area is 96.4 Å². The van der Waals surface area contributed by atoms with Gasteiger partial charge >= 0.3 is 0 Å². The van der Waals surface area contributed by atoms with E-state index in [1.54, 1.807) is 0 Å². The van der Waals surface area contributed by atoms with Crippen LogP contribution in [0.4, 0.5) is 5.82 Å². The maximum absolute atomic E-state index is 5.77. The predicted molar refractivity (Wildman–Crippen MR) is 63.6 cm³/mol. The van der Waals surface area contributed by atoms with Gasteiger partial charge in [0.1, 0.15) is 11.4 Å². The van der Waals surface area contributed by atoms with Crippen LogP contribution in [0.2, 0.25) is 0 Å². The Morgan fingerprint density at radius 1 is 1.31 bits per heavy atom. The minimum atomic E-state index is -0.302. The zero-order valence-corrected chi connectivity index (χ0v) is 10.4. The molecule has 1 aromatic rings. The molecule has 0 saturated carbocycles. The summed E-state index contributed by atoms with van der Waals surface area (Å²) in [5.74, 6) is 1.71. The molecule has 1 atom stereocenters. The van der Waals surface area contributed by atoms with Crippen molar-refractivity contribution in [2.45, 2.75) is 39.2 Å². The van der Waals surface area contributed by atoms with Gasteiger partial charge in [0.2, 0.25) is 0 Å². The average molecular weight is 221 g/mol. The van der Waals surface area contributed by atoms with Gasteiger partial charge in [0.15, 0.2) is 5.82 Å². The number of aryl methyl sites for hydroxylation is 1. The minimum Gasteiger partial charge on any atom is -0.373 e. The summed E-state index contributed by atoms with van der Waals surface area (Å²) in [4.78, 5) is 9.12. The van der Waals surface area contributed by atoms with Gasteiger partial charge in [0, 0.05) is 24.9 Å². The second-order valence-corrected chi connectivity index (χ2v) is 4.54. The molecular weight excluding hydrogens is 202 g/mol. The maximum atomic E-state index is 5.77. The van der Waals surface area contributed by atoms with E-state index in [0.717, 1.165) is 42.3 Å². The molecule has 1 aliphatic rings. The number of nitrogens with zero attached hydrogens (tertiary/aromatic N) is 2. The van der Waals surface area contributed by atoms with E-state index in [-0.39, 0.29) is 5.60 Å². The first-order chi connectivity index (χ1) is 7.57. The van der Waals surface area contributed by atoms with Crippen molar-refractivity contribution in [3.8, 4) is 0 Å². The lowest BCUT2D eigenvalue weighted by atomic mass is 10.0. The molecule has 1 unspecified atom stereocenters. The second-order valence-electron chi connectivity index (χ2n) is 4.54. The van der Waals surface area contributed by atoms with E-state index < -0.39 is 0 Å². The van der Waals surface area contributed by atoms with Crippen LogP contribution in [0.25, 0.3) is 0 Å². The molecule has 2 heterocycles. The monoisotopic (exact) mass is 221 g/mol. The lowest BCUT2D eigenvalue weighted by molar-refractivity contribution is 0.00929. The van der Waals surface area contributed by atoms with Crippen molar-refractivity contribution in [2.24, 2.45) is 0 Å². The highest BCUT2D eigenvalue weighted by molar-refractivity contribution is 5.45. The van der Waals surface area contributed by atoms with E-state index in [4.69, 9.17) is 4.74 Å². The van der Waals surface area contributed by atoms with Crippen LogP contribution in [0.15, 0.2) is 0 Å². The van der Waals surface area contributed by atoms with Crippen molar-refractivity contribution < 1.29 is 4.74 Å². The molecule has 1 aliphatic heterocycles. The van der Waals surface area contributed by atoms with E-state index >= 15 is 0 Å². The molecule has 0 amide bonds. The number of hydrogen-bond acceptors (Lipinski definition) is 4. The standard InChI is InChI=1S/C12H19N3O/c1-8-9(2)14-11(15-10(8)13-4)12(3)6-5-7-16-12/h5-7H2,1-4H3,(H,13,14,15). The maximum Gasteiger partial charge on any atom is 0.162 e. The van der Waals surface area contributed by atoms with E-state index in [9.17, 15) is 0 Å². The highest BCUT2D eigenvalue weighted by Crippen LogP contribution is 2.34. The Morgan fingerprint density at radius 2 is 2.06 bits per heavy atom. The van der Waals surface area contributed by atoms with E-state index in [0.29, 0.717) is 0 Å². The van der Waals surface area contributed by atoms with E-state index in [1.165, 1.54) is 0 Å².